The number of hydrogen-bond acceptors (Lipinski definition) is 5. The molecule has 3 heterocycles. The fourth-order valence-corrected chi connectivity index (χ4v) is 3.45. The first kappa shape index (κ1) is 15.2. The average Bonchev–Trinajstić information content (AvgIpc) is 2.96. The van der Waals surface area contributed by atoms with Crippen LogP contribution in [0.25, 0.3) is 22.1 Å². The van der Waals surface area contributed by atoms with Crippen molar-refractivity contribution in [1.82, 2.24) is 24.9 Å². The van der Waals surface area contributed by atoms with E-state index in [2.05, 4.69) is 24.9 Å². The molecule has 0 spiro atoms. The number of H-pyrrole nitrogens is 2. The molecule has 4 aromatic rings. The van der Waals surface area contributed by atoms with E-state index < -0.39 is 0 Å². The van der Waals surface area contributed by atoms with Crippen molar-refractivity contribution < 1.29 is 0 Å². The number of nitrogens with zero attached hydrogens (tertiary/aromatic N) is 3. The van der Waals surface area contributed by atoms with Gasteiger partial charge < -0.3 is 9.97 Å². The first-order valence-electron chi connectivity index (χ1n) is 7.27. The number of aromatic amines is 2. The van der Waals surface area contributed by atoms with Crippen LogP contribution in [0.3, 0.4) is 0 Å². The van der Waals surface area contributed by atoms with Crippen molar-refractivity contribution in [3.05, 3.63) is 57.7 Å². The fraction of sp³-hybridized carbons (Fsp3) is 0.125. The molecule has 0 radical (unpaired) electrons. The molecule has 0 amide bonds. The Kier molecular flexibility index (Phi) is 3.74. The predicted molar refractivity (Wildman–Crippen MR) is 95.5 cm³/mol. The van der Waals surface area contributed by atoms with Crippen LogP contribution >= 0.6 is 23.4 Å². The topological polar surface area (TPSA) is 87.3 Å². The molecule has 1 atom stereocenters. The molecule has 8 heteroatoms. The Morgan fingerprint density at radius 2 is 2.04 bits per heavy atom. The maximum Gasteiger partial charge on any atom is 0.258 e. The molecule has 0 bridgehead atoms. The molecule has 2 N–H and O–H groups in total. The maximum atomic E-state index is 12.2. The van der Waals surface area contributed by atoms with Gasteiger partial charge in [-0.3, -0.25) is 4.79 Å². The molecule has 0 aliphatic heterocycles. The summed E-state index contributed by atoms with van der Waals surface area (Å²) in [6.07, 6.45) is 1.56. The number of halogens is 1. The normalized spacial score (nSPS) is 12.8. The van der Waals surface area contributed by atoms with Crippen molar-refractivity contribution in [2.24, 2.45) is 0 Å². The van der Waals surface area contributed by atoms with E-state index in [-0.39, 0.29) is 10.8 Å². The van der Waals surface area contributed by atoms with E-state index in [1.807, 2.05) is 25.1 Å². The zero-order valence-electron chi connectivity index (χ0n) is 12.6. The number of para-hydroxylation sites is 1. The van der Waals surface area contributed by atoms with Gasteiger partial charge in [-0.2, -0.15) is 0 Å². The third-order valence-electron chi connectivity index (χ3n) is 3.59. The molecule has 0 aliphatic carbocycles. The minimum atomic E-state index is -0.138. The second kappa shape index (κ2) is 5.92. The first-order chi connectivity index (χ1) is 11.6. The van der Waals surface area contributed by atoms with Gasteiger partial charge in [0.05, 0.1) is 26.7 Å². The fourth-order valence-electron chi connectivity index (χ4n) is 2.43. The highest BCUT2D eigenvalue weighted by molar-refractivity contribution is 7.99. The molecule has 24 heavy (non-hydrogen) atoms. The summed E-state index contributed by atoms with van der Waals surface area (Å²) in [6.45, 7) is 1.96. The van der Waals surface area contributed by atoms with Crippen LogP contribution in [0.1, 0.15) is 18.0 Å². The monoisotopic (exact) mass is 357 g/mol. The van der Waals surface area contributed by atoms with Gasteiger partial charge in [0.25, 0.3) is 5.56 Å². The van der Waals surface area contributed by atoms with Crippen molar-refractivity contribution in [2.45, 2.75) is 17.3 Å². The van der Waals surface area contributed by atoms with Crippen LogP contribution in [-0.4, -0.2) is 24.9 Å². The van der Waals surface area contributed by atoms with Crippen molar-refractivity contribution in [3.8, 4) is 0 Å². The van der Waals surface area contributed by atoms with Gasteiger partial charge in [-0.1, -0.05) is 35.5 Å². The number of imidazole rings is 1. The van der Waals surface area contributed by atoms with Crippen LogP contribution in [0.2, 0.25) is 5.02 Å². The smallest absolute Gasteiger partial charge is 0.258 e. The van der Waals surface area contributed by atoms with Gasteiger partial charge >= 0.3 is 0 Å². The molecule has 6 nitrogen and oxygen atoms in total. The largest absolute Gasteiger partial charge is 0.331 e. The Hall–Kier alpha value is -2.38. The molecule has 0 aliphatic rings. The van der Waals surface area contributed by atoms with Crippen molar-refractivity contribution >= 4 is 45.4 Å². The highest BCUT2D eigenvalue weighted by Crippen LogP contribution is 2.32. The second-order valence-corrected chi connectivity index (χ2v) is 7.06. The van der Waals surface area contributed by atoms with Crippen LogP contribution < -0.4 is 5.56 Å². The molecule has 0 saturated heterocycles. The number of aromatic nitrogens is 5. The van der Waals surface area contributed by atoms with Crippen LogP contribution in [0, 0.1) is 0 Å². The number of fused-ring (bicyclic) bond motifs is 2. The number of rotatable bonds is 3. The molecule has 0 saturated carbocycles. The highest BCUT2D eigenvalue weighted by atomic mass is 35.5. The molecule has 120 valence electrons. The van der Waals surface area contributed by atoms with Crippen molar-refractivity contribution in [1.29, 1.82) is 0 Å². The maximum absolute atomic E-state index is 12.2. The number of nitrogens with one attached hydrogen (secondary N) is 2. The van der Waals surface area contributed by atoms with Gasteiger partial charge in [-0.25, -0.2) is 15.0 Å². The third kappa shape index (κ3) is 2.76. The van der Waals surface area contributed by atoms with Gasteiger partial charge in [0.1, 0.15) is 5.82 Å². The Bertz CT molecular complexity index is 1110. The minimum Gasteiger partial charge on any atom is -0.331 e. The van der Waals surface area contributed by atoms with E-state index in [9.17, 15) is 4.79 Å². The molecule has 0 fully saturated rings. The van der Waals surface area contributed by atoms with E-state index >= 15 is 0 Å². The van der Waals surface area contributed by atoms with E-state index in [4.69, 9.17) is 11.6 Å². The molecular formula is C16H12ClN5OS. The summed E-state index contributed by atoms with van der Waals surface area (Å²) in [6, 6.07) is 9.06. The molecule has 1 aromatic carbocycles. The quantitative estimate of drug-likeness (QED) is 0.546. The van der Waals surface area contributed by atoms with Crippen LogP contribution in [0.5, 0.6) is 0 Å². The SMILES string of the molecule is CC(Sc1nc2ncc(Cl)cc2[nH]1)c1nc2ccccc2c(=O)[nH]1. The summed E-state index contributed by atoms with van der Waals surface area (Å²) in [4.78, 5) is 31.3. The first-order valence-corrected chi connectivity index (χ1v) is 8.53. The zero-order valence-corrected chi connectivity index (χ0v) is 14.1. The van der Waals surface area contributed by atoms with Crippen LogP contribution in [-0.2, 0) is 0 Å². The summed E-state index contributed by atoms with van der Waals surface area (Å²) in [5, 5.41) is 1.75. The van der Waals surface area contributed by atoms with Gasteiger partial charge in [-0.05, 0) is 25.1 Å². The standard InChI is InChI=1S/C16H12ClN5OS/c1-8(13-19-11-5-3-2-4-10(11)15(23)21-13)24-16-20-12-6-9(17)7-18-14(12)22-16/h2-8H,1H3,(H,18,20,22)(H,19,21,23). The zero-order chi connectivity index (χ0) is 16.7. The minimum absolute atomic E-state index is 0.0849. The lowest BCUT2D eigenvalue weighted by Crippen LogP contribution is -2.12. The number of hydrogen-bond donors (Lipinski definition) is 2. The van der Waals surface area contributed by atoms with Crippen molar-refractivity contribution in [3.63, 3.8) is 0 Å². The lowest BCUT2D eigenvalue weighted by molar-refractivity contribution is 0.914. The summed E-state index contributed by atoms with van der Waals surface area (Å²) < 4.78 is 0. The van der Waals surface area contributed by atoms with Gasteiger partial charge in [0.15, 0.2) is 10.8 Å². The molecule has 3 aromatic heterocycles. The molecule has 1 unspecified atom stereocenters. The van der Waals surface area contributed by atoms with E-state index in [1.165, 1.54) is 11.8 Å². The third-order valence-corrected chi connectivity index (χ3v) is 4.79. The average molecular weight is 358 g/mol. The summed E-state index contributed by atoms with van der Waals surface area (Å²) in [5.41, 5.74) is 1.93. The van der Waals surface area contributed by atoms with Gasteiger partial charge in [-0.15, -0.1) is 0 Å². The Labute approximate surface area is 145 Å². The Balaban J connectivity index is 1.67. The summed E-state index contributed by atoms with van der Waals surface area (Å²) >= 11 is 7.40. The number of thioether (sulfide) groups is 1. The number of benzene rings is 1. The summed E-state index contributed by atoms with van der Waals surface area (Å²) in [5.74, 6) is 0.607. The lowest BCUT2D eigenvalue weighted by atomic mass is 10.2. The van der Waals surface area contributed by atoms with E-state index in [0.29, 0.717) is 32.6 Å². The van der Waals surface area contributed by atoms with E-state index in [0.717, 1.165) is 5.52 Å². The number of pyridine rings is 1. The second-order valence-electron chi connectivity index (χ2n) is 5.30. The van der Waals surface area contributed by atoms with Crippen LogP contribution in [0.4, 0.5) is 0 Å². The molecular weight excluding hydrogens is 346 g/mol. The predicted octanol–water partition coefficient (Wildman–Crippen LogP) is 3.70. The lowest BCUT2D eigenvalue weighted by Gasteiger charge is -2.09. The van der Waals surface area contributed by atoms with Crippen LogP contribution in [0.15, 0.2) is 46.5 Å². The van der Waals surface area contributed by atoms with Gasteiger partial charge in [0, 0.05) is 6.20 Å². The van der Waals surface area contributed by atoms with E-state index in [1.54, 1.807) is 18.3 Å². The Morgan fingerprint density at radius 3 is 2.92 bits per heavy atom. The highest BCUT2D eigenvalue weighted by Gasteiger charge is 2.15. The molecule has 4 rings (SSSR count). The summed E-state index contributed by atoms with van der Waals surface area (Å²) in [7, 11) is 0. The Morgan fingerprint density at radius 1 is 1.21 bits per heavy atom. The van der Waals surface area contributed by atoms with Gasteiger partial charge in [0.2, 0.25) is 0 Å². The van der Waals surface area contributed by atoms with Crippen molar-refractivity contribution in [2.75, 3.05) is 0 Å².